The van der Waals surface area contributed by atoms with Gasteiger partial charge < -0.3 is 24.8 Å². The van der Waals surface area contributed by atoms with Gasteiger partial charge in [-0.3, -0.25) is 4.57 Å². The normalized spacial score (nSPS) is 12.1. The number of para-hydroxylation sites is 1. The number of aromatic nitrogens is 2. The zero-order valence-corrected chi connectivity index (χ0v) is 21.2. The first kappa shape index (κ1) is 25.6. The second-order valence-corrected chi connectivity index (χ2v) is 12.2. The SMILES string of the molecule is COc1cc(P(=O)(OC)OC)ccc1-c1cnc(N)nc1Nc1ccccc1S(=O)(=O)C(C)C. The lowest BCUT2D eigenvalue weighted by atomic mass is 10.1. The van der Waals surface area contributed by atoms with Crippen molar-refractivity contribution in [3.05, 3.63) is 48.7 Å². The number of ether oxygens (including phenoxy) is 1. The van der Waals surface area contributed by atoms with Crippen molar-refractivity contribution in [1.29, 1.82) is 0 Å². The molecule has 0 fully saturated rings. The maximum atomic E-state index is 12.9. The molecule has 2 aromatic carbocycles. The molecule has 34 heavy (non-hydrogen) atoms. The molecule has 0 aliphatic carbocycles. The van der Waals surface area contributed by atoms with Crippen LogP contribution in [0.1, 0.15) is 13.8 Å². The first-order chi connectivity index (χ1) is 16.1. The molecule has 0 aliphatic heterocycles. The topological polar surface area (TPSA) is 143 Å². The van der Waals surface area contributed by atoms with Crippen molar-refractivity contribution >= 4 is 40.2 Å². The summed E-state index contributed by atoms with van der Waals surface area (Å²) >= 11 is 0. The fourth-order valence-electron chi connectivity index (χ4n) is 3.25. The molecule has 0 spiro atoms. The molecule has 3 aromatic rings. The highest BCUT2D eigenvalue weighted by Gasteiger charge is 2.27. The van der Waals surface area contributed by atoms with Gasteiger partial charge >= 0.3 is 7.60 Å². The summed E-state index contributed by atoms with van der Waals surface area (Å²) < 4.78 is 54.2. The first-order valence-electron chi connectivity index (χ1n) is 10.2. The van der Waals surface area contributed by atoms with Crippen LogP contribution >= 0.6 is 7.60 Å². The van der Waals surface area contributed by atoms with Gasteiger partial charge in [0, 0.05) is 31.5 Å². The van der Waals surface area contributed by atoms with Crippen molar-refractivity contribution < 1.29 is 26.8 Å². The molecule has 10 nitrogen and oxygen atoms in total. The molecular formula is C22H27N4O6PS. The summed E-state index contributed by atoms with van der Waals surface area (Å²) in [4.78, 5) is 8.51. The van der Waals surface area contributed by atoms with E-state index < -0.39 is 22.7 Å². The number of sulfone groups is 1. The average molecular weight is 507 g/mol. The fraction of sp³-hybridized carbons (Fsp3) is 0.273. The van der Waals surface area contributed by atoms with Crippen molar-refractivity contribution in [2.75, 3.05) is 32.4 Å². The smallest absolute Gasteiger partial charge is 0.360 e. The van der Waals surface area contributed by atoms with E-state index in [1.807, 2.05) is 0 Å². The maximum Gasteiger partial charge on any atom is 0.360 e. The van der Waals surface area contributed by atoms with E-state index >= 15 is 0 Å². The highest BCUT2D eigenvalue weighted by Crippen LogP contribution is 2.47. The van der Waals surface area contributed by atoms with Gasteiger partial charge in [0.05, 0.1) is 28.2 Å². The van der Waals surface area contributed by atoms with Gasteiger partial charge in [0.2, 0.25) is 5.95 Å². The van der Waals surface area contributed by atoms with Crippen LogP contribution in [0.3, 0.4) is 0 Å². The number of anilines is 3. The molecule has 0 radical (unpaired) electrons. The Morgan fingerprint density at radius 3 is 2.32 bits per heavy atom. The number of rotatable bonds is 9. The Hall–Kier alpha value is -2.98. The third-order valence-electron chi connectivity index (χ3n) is 5.15. The molecule has 1 aromatic heterocycles. The van der Waals surface area contributed by atoms with Gasteiger partial charge in [-0.25, -0.2) is 13.4 Å². The number of hydrogen-bond acceptors (Lipinski definition) is 10. The lowest BCUT2D eigenvalue weighted by Gasteiger charge is -2.19. The standard InChI is InChI=1S/C22H27N4O6PS/c1-14(2)34(28,29)20-9-7-6-8-18(20)25-21-17(13-24-22(23)26-21)16-11-10-15(12-19(16)30-3)33(27,31-4)32-5/h6-14H,1-5H3,(H3,23,24,25,26). The monoisotopic (exact) mass is 506 g/mol. The summed E-state index contributed by atoms with van der Waals surface area (Å²) in [5.74, 6) is 0.618. The maximum absolute atomic E-state index is 12.9. The van der Waals surface area contributed by atoms with Crippen molar-refractivity contribution in [1.82, 2.24) is 9.97 Å². The quantitative estimate of drug-likeness (QED) is 0.412. The Balaban J connectivity index is 2.16. The molecule has 0 saturated heterocycles. The molecule has 0 unspecified atom stereocenters. The van der Waals surface area contributed by atoms with E-state index in [-0.39, 0.29) is 16.7 Å². The highest BCUT2D eigenvalue weighted by molar-refractivity contribution is 7.92. The van der Waals surface area contributed by atoms with Gasteiger partial charge in [-0.2, -0.15) is 4.98 Å². The van der Waals surface area contributed by atoms with Gasteiger partial charge in [0.25, 0.3) is 0 Å². The van der Waals surface area contributed by atoms with E-state index in [4.69, 9.17) is 19.5 Å². The van der Waals surface area contributed by atoms with Gasteiger partial charge in [0.15, 0.2) is 9.84 Å². The molecule has 3 rings (SSSR count). The summed E-state index contributed by atoms with van der Waals surface area (Å²) in [5, 5.41) is 2.78. The van der Waals surface area contributed by atoms with Crippen molar-refractivity contribution in [2.24, 2.45) is 0 Å². The van der Waals surface area contributed by atoms with Crippen LogP contribution in [0.5, 0.6) is 5.75 Å². The average Bonchev–Trinajstić information content (AvgIpc) is 2.83. The number of nitrogen functional groups attached to an aromatic ring is 1. The van der Waals surface area contributed by atoms with E-state index in [1.165, 1.54) is 33.6 Å². The van der Waals surface area contributed by atoms with E-state index in [2.05, 4.69) is 15.3 Å². The summed E-state index contributed by atoms with van der Waals surface area (Å²) in [6, 6.07) is 11.3. The predicted octanol–water partition coefficient (Wildman–Crippen LogP) is 3.77. The number of nitrogens with one attached hydrogen (secondary N) is 1. The van der Waals surface area contributed by atoms with E-state index in [9.17, 15) is 13.0 Å². The molecule has 0 aliphatic rings. The Labute approximate surface area is 198 Å². The molecule has 0 amide bonds. The Kier molecular flexibility index (Phi) is 7.62. The van der Waals surface area contributed by atoms with Crippen LogP contribution < -0.4 is 21.1 Å². The molecule has 182 valence electrons. The second kappa shape index (κ2) is 10.1. The summed E-state index contributed by atoms with van der Waals surface area (Å²) in [7, 11) is -3.03. The van der Waals surface area contributed by atoms with Crippen molar-refractivity contribution in [3.8, 4) is 16.9 Å². The minimum Gasteiger partial charge on any atom is -0.496 e. The summed E-state index contributed by atoms with van der Waals surface area (Å²) in [5.41, 5.74) is 7.22. The zero-order chi connectivity index (χ0) is 25.1. The van der Waals surface area contributed by atoms with Crippen LogP contribution in [0.15, 0.2) is 53.6 Å². The van der Waals surface area contributed by atoms with Crippen molar-refractivity contribution in [3.63, 3.8) is 0 Å². The Bertz CT molecular complexity index is 1340. The molecule has 0 saturated carbocycles. The van der Waals surface area contributed by atoms with Crippen LogP contribution in [0, 0.1) is 0 Å². The van der Waals surface area contributed by atoms with Crippen molar-refractivity contribution in [2.45, 2.75) is 24.0 Å². The van der Waals surface area contributed by atoms with E-state index in [0.29, 0.717) is 27.9 Å². The summed E-state index contributed by atoms with van der Waals surface area (Å²) in [6.07, 6.45) is 1.49. The van der Waals surface area contributed by atoms with E-state index in [0.717, 1.165) is 0 Å². The minimum absolute atomic E-state index is 0.00528. The van der Waals surface area contributed by atoms with Crippen LogP contribution in [0.25, 0.3) is 11.1 Å². The molecule has 3 N–H and O–H groups in total. The van der Waals surface area contributed by atoms with Crippen LogP contribution in [-0.2, 0) is 23.4 Å². The number of nitrogens with zero attached hydrogens (tertiary/aromatic N) is 2. The highest BCUT2D eigenvalue weighted by atomic mass is 32.2. The number of hydrogen-bond donors (Lipinski definition) is 2. The van der Waals surface area contributed by atoms with Gasteiger partial charge in [0.1, 0.15) is 11.6 Å². The number of nitrogens with two attached hydrogens (primary N) is 1. The van der Waals surface area contributed by atoms with Crippen LogP contribution in [0.4, 0.5) is 17.5 Å². The van der Waals surface area contributed by atoms with Gasteiger partial charge in [-0.1, -0.05) is 12.1 Å². The molecular weight excluding hydrogens is 479 g/mol. The minimum atomic E-state index is -3.58. The molecule has 12 heteroatoms. The largest absolute Gasteiger partial charge is 0.496 e. The first-order valence-corrected chi connectivity index (χ1v) is 13.3. The van der Waals surface area contributed by atoms with E-state index in [1.54, 1.807) is 50.2 Å². The Morgan fingerprint density at radius 1 is 1.03 bits per heavy atom. The van der Waals surface area contributed by atoms with Crippen LogP contribution in [0.2, 0.25) is 0 Å². The van der Waals surface area contributed by atoms with Gasteiger partial charge in [-0.15, -0.1) is 0 Å². The molecule has 1 heterocycles. The molecule has 0 atom stereocenters. The third-order valence-corrected chi connectivity index (χ3v) is 9.23. The summed E-state index contributed by atoms with van der Waals surface area (Å²) in [6.45, 7) is 3.23. The molecule has 0 bridgehead atoms. The number of benzene rings is 2. The fourth-order valence-corrected chi connectivity index (χ4v) is 5.55. The second-order valence-electron chi connectivity index (χ2n) is 7.45. The third kappa shape index (κ3) is 4.92. The lowest BCUT2D eigenvalue weighted by molar-refractivity contribution is 0.287. The Morgan fingerprint density at radius 2 is 1.71 bits per heavy atom. The number of methoxy groups -OCH3 is 1. The van der Waals surface area contributed by atoms with Gasteiger partial charge in [-0.05, 0) is 44.2 Å². The lowest BCUT2D eigenvalue weighted by Crippen LogP contribution is -2.16. The van der Waals surface area contributed by atoms with Crippen LogP contribution in [-0.4, -0.2) is 45.0 Å². The predicted molar refractivity (Wildman–Crippen MR) is 132 cm³/mol. The zero-order valence-electron chi connectivity index (χ0n) is 19.5.